The number of hydrogen-bond acceptors (Lipinski definition) is 2. The highest BCUT2D eigenvalue weighted by Gasteiger charge is 2.07. The van der Waals surface area contributed by atoms with Crippen LogP contribution >= 0.6 is 0 Å². The van der Waals surface area contributed by atoms with Crippen LogP contribution in [-0.4, -0.2) is 18.4 Å². The van der Waals surface area contributed by atoms with Crippen LogP contribution in [0.25, 0.3) is 0 Å². The fourth-order valence-electron chi connectivity index (χ4n) is 1.28. The molecular formula is C10H16N2. The molecule has 1 N–H and O–H groups in total. The zero-order chi connectivity index (χ0) is 8.81. The van der Waals surface area contributed by atoms with Gasteiger partial charge in [0.15, 0.2) is 0 Å². The van der Waals surface area contributed by atoms with Crippen LogP contribution < -0.4 is 5.32 Å². The molecule has 1 unspecified atom stereocenters. The lowest BCUT2D eigenvalue weighted by Crippen LogP contribution is -2.34. The monoisotopic (exact) mass is 164 g/mol. The van der Waals surface area contributed by atoms with Crippen molar-refractivity contribution in [3.63, 3.8) is 0 Å². The van der Waals surface area contributed by atoms with E-state index in [4.69, 9.17) is 6.42 Å². The SMILES string of the molecule is C#CC(CC)NC1=NCCCC1. The van der Waals surface area contributed by atoms with Crippen molar-refractivity contribution in [3.8, 4) is 12.3 Å². The minimum absolute atomic E-state index is 0.168. The van der Waals surface area contributed by atoms with Crippen molar-refractivity contribution < 1.29 is 0 Å². The van der Waals surface area contributed by atoms with Crippen LogP contribution in [0.1, 0.15) is 32.6 Å². The Balaban J connectivity index is 2.39. The van der Waals surface area contributed by atoms with Crippen LogP contribution in [0.5, 0.6) is 0 Å². The van der Waals surface area contributed by atoms with Crippen LogP contribution in [0.15, 0.2) is 4.99 Å². The van der Waals surface area contributed by atoms with Crippen LogP contribution in [0.3, 0.4) is 0 Å². The molecule has 1 atom stereocenters. The minimum Gasteiger partial charge on any atom is -0.360 e. The third-order valence-corrected chi connectivity index (χ3v) is 2.07. The quantitative estimate of drug-likeness (QED) is 0.615. The van der Waals surface area contributed by atoms with Crippen molar-refractivity contribution in [2.45, 2.75) is 38.6 Å². The molecule has 0 radical (unpaired) electrons. The van der Waals surface area contributed by atoms with E-state index in [-0.39, 0.29) is 6.04 Å². The average molecular weight is 164 g/mol. The number of amidine groups is 1. The fourth-order valence-corrected chi connectivity index (χ4v) is 1.28. The molecule has 0 aromatic carbocycles. The Bertz CT molecular complexity index is 200. The first-order valence-electron chi connectivity index (χ1n) is 4.62. The van der Waals surface area contributed by atoms with Gasteiger partial charge in [-0.05, 0) is 19.3 Å². The van der Waals surface area contributed by atoms with Crippen molar-refractivity contribution in [2.24, 2.45) is 4.99 Å². The molecule has 2 heteroatoms. The van der Waals surface area contributed by atoms with Gasteiger partial charge in [-0.3, -0.25) is 4.99 Å². The molecule has 0 aliphatic carbocycles. The molecular weight excluding hydrogens is 148 g/mol. The summed E-state index contributed by atoms with van der Waals surface area (Å²) < 4.78 is 0. The summed E-state index contributed by atoms with van der Waals surface area (Å²) in [6.45, 7) is 3.05. The Hall–Kier alpha value is -0.970. The third-order valence-electron chi connectivity index (χ3n) is 2.07. The van der Waals surface area contributed by atoms with E-state index in [0.717, 1.165) is 25.2 Å². The lowest BCUT2D eigenvalue weighted by molar-refractivity contribution is 0.664. The number of hydrogen-bond donors (Lipinski definition) is 1. The van der Waals surface area contributed by atoms with E-state index < -0.39 is 0 Å². The molecule has 1 aliphatic heterocycles. The molecule has 12 heavy (non-hydrogen) atoms. The van der Waals surface area contributed by atoms with Crippen molar-refractivity contribution in [2.75, 3.05) is 6.54 Å². The number of rotatable bonds is 2. The summed E-state index contributed by atoms with van der Waals surface area (Å²) in [5.74, 6) is 3.81. The molecule has 0 saturated carbocycles. The van der Waals surface area contributed by atoms with E-state index >= 15 is 0 Å². The lowest BCUT2D eigenvalue weighted by atomic mass is 10.1. The molecule has 0 aromatic rings. The van der Waals surface area contributed by atoms with Gasteiger partial charge in [-0.1, -0.05) is 12.8 Å². The van der Waals surface area contributed by atoms with Gasteiger partial charge in [0.05, 0.1) is 11.9 Å². The second-order valence-electron chi connectivity index (χ2n) is 3.06. The maximum Gasteiger partial charge on any atom is 0.0972 e. The predicted octanol–water partition coefficient (Wildman–Crippen LogP) is 1.57. The van der Waals surface area contributed by atoms with Gasteiger partial charge in [-0.2, -0.15) is 0 Å². The van der Waals surface area contributed by atoms with E-state index in [9.17, 15) is 0 Å². The Morgan fingerprint density at radius 1 is 1.67 bits per heavy atom. The first-order chi connectivity index (χ1) is 5.86. The Kier molecular flexibility index (Phi) is 3.66. The number of terminal acetylenes is 1. The first kappa shape index (κ1) is 9.12. The highest BCUT2D eigenvalue weighted by molar-refractivity contribution is 5.83. The smallest absolute Gasteiger partial charge is 0.0972 e. The summed E-state index contributed by atoms with van der Waals surface area (Å²) >= 11 is 0. The third kappa shape index (κ3) is 2.58. The van der Waals surface area contributed by atoms with E-state index in [1.165, 1.54) is 12.8 Å². The lowest BCUT2D eigenvalue weighted by Gasteiger charge is -2.17. The molecule has 66 valence electrons. The van der Waals surface area contributed by atoms with Gasteiger partial charge in [0.1, 0.15) is 0 Å². The number of aliphatic imine (C=N–C) groups is 1. The second-order valence-corrected chi connectivity index (χ2v) is 3.06. The first-order valence-corrected chi connectivity index (χ1v) is 4.62. The predicted molar refractivity (Wildman–Crippen MR) is 52.2 cm³/mol. The normalized spacial score (nSPS) is 19.2. The van der Waals surface area contributed by atoms with Crippen molar-refractivity contribution in [3.05, 3.63) is 0 Å². The number of nitrogens with zero attached hydrogens (tertiary/aromatic N) is 1. The molecule has 0 fully saturated rings. The van der Waals surface area contributed by atoms with Gasteiger partial charge in [0.25, 0.3) is 0 Å². The summed E-state index contributed by atoms with van der Waals surface area (Å²) in [6.07, 6.45) is 9.83. The van der Waals surface area contributed by atoms with Gasteiger partial charge < -0.3 is 5.32 Å². The molecule has 0 amide bonds. The largest absolute Gasteiger partial charge is 0.360 e. The summed E-state index contributed by atoms with van der Waals surface area (Å²) in [6, 6.07) is 0.168. The zero-order valence-electron chi connectivity index (χ0n) is 7.64. The molecule has 1 aliphatic rings. The summed E-state index contributed by atoms with van der Waals surface area (Å²) in [4.78, 5) is 4.38. The molecule has 1 heterocycles. The van der Waals surface area contributed by atoms with Crippen LogP contribution in [0.2, 0.25) is 0 Å². The van der Waals surface area contributed by atoms with Gasteiger partial charge in [0.2, 0.25) is 0 Å². The molecule has 0 bridgehead atoms. The molecule has 1 rings (SSSR count). The summed E-state index contributed by atoms with van der Waals surface area (Å²) in [7, 11) is 0. The van der Waals surface area contributed by atoms with Crippen LogP contribution in [-0.2, 0) is 0 Å². The fraction of sp³-hybridized carbons (Fsp3) is 0.700. The van der Waals surface area contributed by atoms with Crippen molar-refractivity contribution in [1.29, 1.82) is 0 Å². The Morgan fingerprint density at radius 2 is 2.50 bits per heavy atom. The maximum absolute atomic E-state index is 5.33. The van der Waals surface area contributed by atoms with Crippen LogP contribution in [0, 0.1) is 12.3 Å². The maximum atomic E-state index is 5.33. The molecule has 0 aromatic heterocycles. The summed E-state index contributed by atoms with van der Waals surface area (Å²) in [5, 5.41) is 3.27. The molecule has 2 nitrogen and oxygen atoms in total. The topological polar surface area (TPSA) is 24.4 Å². The second kappa shape index (κ2) is 4.82. The Labute approximate surface area is 74.5 Å². The van der Waals surface area contributed by atoms with Gasteiger partial charge in [0, 0.05) is 13.0 Å². The van der Waals surface area contributed by atoms with Crippen molar-refractivity contribution >= 4 is 5.84 Å². The zero-order valence-corrected chi connectivity index (χ0v) is 7.64. The minimum atomic E-state index is 0.168. The molecule has 0 saturated heterocycles. The standard InChI is InChI=1S/C10H16N2/c1-3-9(4-2)12-10-7-5-6-8-11-10/h1,9H,4-8H2,2H3,(H,11,12). The highest BCUT2D eigenvalue weighted by Crippen LogP contribution is 2.04. The van der Waals surface area contributed by atoms with Crippen molar-refractivity contribution in [1.82, 2.24) is 5.32 Å². The molecule has 0 spiro atoms. The van der Waals surface area contributed by atoms with E-state index in [2.05, 4.69) is 23.2 Å². The van der Waals surface area contributed by atoms with E-state index in [1.54, 1.807) is 0 Å². The van der Waals surface area contributed by atoms with Gasteiger partial charge in [-0.25, -0.2) is 0 Å². The Morgan fingerprint density at radius 3 is 3.00 bits per heavy atom. The van der Waals surface area contributed by atoms with E-state index in [0.29, 0.717) is 0 Å². The van der Waals surface area contributed by atoms with E-state index in [1.807, 2.05) is 0 Å². The van der Waals surface area contributed by atoms with Gasteiger partial charge >= 0.3 is 0 Å². The number of nitrogens with one attached hydrogen (secondary N) is 1. The summed E-state index contributed by atoms with van der Waals surface area (Å²) in [5.41, 5.74) is 0. The average Bonchev–Trinajstić information content (AvgIpc) is 2.16. The van der Waals surface area contributed by atoms with Crippen LogP contribution in [0.4, 0.5) is 0 Å². The highest BCUT2D eigenvalue weighted by atomic mass is 15.0. The van der Waals surface area contributed by atoms with Gasteiger partial charge in [-0.15, -0.1) is 6.42 Å².